The lowest BCUT2D eigenvalue weighted by atomic mass is 9.96. The lowest BCUT2D eigenvalue weighted by Gasteiger charge is -2.31. The summed E-state index contributed by atoms with van der Waals surface area (Å²) in [6.45, 7) is 0.369. The maximum Gasteiger partial charge on any atom is 0.408 e. The van der Waals surface area contributed by atoms with Gasteiger partial charge in [0.15, 0.2) is 0 Å². The highest BCUT2D eigenvalue weighted by Gasteiger charge is 2.62. The molecule has 6 rings (SSSR count). The predicted molar refractivity (Wildman–Crippen MR) is 175 cm³/mol. The Morgan fingerprint density at radius 1 is 1.04 bits per heavy atom. The summed E-state index contributed by atoms with van der Waals surface area (Å²) in [6.07, 6.45) is 9.96. The molecule has 3 saturated carbocycles. The van der Waals surface area contributed by atoms with E-state index in [1.165, 1.54) is 4.90 Å². The molecule has 4 fully saturated rings. The van der Waals surface area contributed by atoms with E-state index < -0.39 is 62.8 Å². The molecule has 2 heterocycles. The number of amides is 4. The van der Waals surface area contributed by atoms with Crippen LogP contribution in [-0.2, 0) is 40.5 Å². The first-order chi connectivity index (χ1) is 22.5. The van der Waals surface area contributed by atoms with Gasteiger partial charge in [0.1, 0.15) is 23.7 Å². The van der Waals surface area contributed by atoms with E-state index in [-0.39, 0.29) is 38.0 Å². The number of fused-ring (bicyclic) bond motifs is 2. The average Bonchev–Trinajstić information content (AvgIpc) is 3.93. The molecule has 14 heteroatoms. The molecular weight excluding hydrogens is 692 g/mol. The minimum atomic E-state index is -3.84. The highest BCUT2D eigenvalue weighted by Crippen LogP contribution is 2.46. The van der Waals surface area contributed by atoms with E-state index in [2.05, 4.69) is 31.3 Å². The van der Waals surface area contributed by atoms with Crippen LogP contribution >= 0.6 is 15.9 Å². The normalized spacial score (nSPS) is 30.8. The number of alkyl carbamates (subject to hydrolysis) is 1. The fraction of sp³-hybridized carbons (Fsp3) is 0.636. The molecule has 1 aromatic rings. The third-order valence-electron chi connectivity index (χ3n) is 9.84. The molecule has 256 valence electrons. The zero-order chi connectivity index (χ0) is 33.2. The van der Waals surface area contributed by atoms with Crippen LogP contribution in [0, 0.1) is 5.92 Å². The van der Waals surface area contributed by atoms with Gasteiger partial charge in [-0.2, -0.15) is 0 Å². The first-order valence-electron chi connectivity index (χ1n) is 16.7. The van der Waals surface area contributed by atoms with Gasteiger partial charge in [-0.3, -0.25) is 19.1 Å². The van der Waals surface area contributed by atoms with Gasteiger partial charge in [0.2, 0.25) is 21.8 Å². The van der Waals surface area contributed by atoms with E-state index in [1.54, 1.807) is 0 Å². The number of allylic oxidation sites excluding steroid dienone is 1. The van der Waals surface area contributed by atoms with Gasteiger partial charge in [0, 0.05) is 23.4 Å². The van der Waals surface area contributed by atoms with Crippen LogP contribution in [0.15, 0.2) is 40.9 Å². The van der Waals surface area contributed by atoms with Crippen molar-refractivity contribution < 1.29 is 37.1 Å². The summed E-state index contributed by atoms with van der Waals surface area (Å²) in [5.74, 6) is -2.11. The van der Waals surface area contributed by atoms with Gasteiger partial charge in [-0.15, -0.1) is 0 Å². The Morgan fingerprint density at radius 2 is 1.85 bits per heavy atom. The fourth-order valence-corrected chi connectivity index (χ4v) is 8.35. The fourth-order valence-electron chi connectivity index (χ4n) is 6.54. The Morgan fingerprint density at radius 3 is 2.57 bits per heavy atom. The minimum absolute atomic E-state index is 0.110. The molecule has 4 amide bonds. The number of nitrogens with zero attached hydrogens (tertiary/aromatic N) is 1. The lowest BCUT2D eigenvalue weighted by Crippen LogP contribution is -2.58. The molecule has 5 atom stereocenters. The second kappa shape index (κ2) is 14.3. The van der Waals surface area contributed by atoms with Crippen molar-refractivity contribution in [2.75, 3.05) is 6.54 Å². The van der Waals surface area contributed by atoms with Crippen molar-refractivity contribution in [2.45, 2.75) is 119 Å². The summed E-state index contributed by atoms with van der Waals surface area (Å²) in [4.78, 5) is 56.1. The molecule has 0 spiro atoms. The Balaban J connectivity index is 1.24. The molecule has 0 aromatic heterocycles. The smallest absolute Gasteiger partial charge is 0.408 e. The third-order valence-corrected chi connectivity index (χ3v) is 12.1. The summed E-state index contributed by atoms with van der Waals surface area (Å²) < 4.78 is 40.2. The van der Waals surface area contributed by atoms with Gasteiger partial charge < -0.3 is 25.0 Å². The van der Waals surface area contributed by atoms with Gasteiger partial charge in [0.05, 0.1) is 18.0 Å². The molecule has 3 N–H and O–H groups in total. The van der Waals surface area contributed by atoms with E-state index in [1.807, 2.05) is 36.4 Å². The van der Waals surface area contributed by atoms with Crippen LogP contribution in [0.5, 0.6) is 0 Å². The largest absolute Gasteiger partial charge is 0.446 e. The number of sulfonamides is 1. The van der Waals surface area contributed by atoms with Crippen LogP contribution in [0.25, 0.3) is 0 Å². The number of rotatable bonds is 8. The first kappa shape index (κ1) is 33.9. The predicted octanol–water partition coefficient (Wildman–Crippen LogP) is 3.59. The van der Waals surface area contributed by atoms with Gasteiger partial charge in [0.25, 0.3) is 5.91 Å². The van der Waals surface area contributed by atoms with Crippen molar-refractivity contribution in [1.29, 1.82) is 0 Å². The van der Waals surface area contributed by atoms with Gasteiger partial charge >= 0.3 is 6.09 Å². The molecule has 12 nitrogen and oxygen atoms in total. The van der Waals surface area contributed by atoms with Crippen molar-refractivity contribution >= 4 is 49.8 Å². The number of carbonyl (C=O) groups is 4. The van der Waals surface area contributed by atoms with Crippen molar-refractivity contribution in [3.63, 3.8) is 0 Å². The summed E-state index contributed by atoms with van der Waals surface area (Å²) in [7, 11) is -3.84. The Bertz CT molecular complexity index is 1510. The zero-order valence-corrected chi connectivity index (χ0v) is 28.7. The standard InChI is InChI=1S/C33H43BrN4O8S/c34-23-10-6-8-21(16-23)20-45-25-17-28-29(39)36-33(31(41)37-47(43,44)26-14-15-26)18-22(33)9-4-2-1-3-5-13-27(30(40)38(28)19-25)35-32(42)46-24-11-7-12-24/h4,6,8-10,16,22,24-28H,1-3,5,7,11-15,17-20H2,(H,35,42)(H,36,39)(H,37,41)/b9-4-/t22-,25-,27+,28+,33-/m1/s1. The topological polar surface area (TPSA) is 160 Å². The minimum Gasteiger partial charge on any atom is -0.446 e. The van der Waals surface area contributed by atoms with E-state index in [9.17, 15) is 27.6 Å². The molecule has 0 radical (unpaired) electrons. The lowest BCUT2D eigenvalue weighted by molar-refractivity contribution is -0.141. The summed E-state index contributed by atoms with van der Waals surface area (Å²) in [6, 6.07) is 5.75. The van der Waals surface area contributed by atoms with E-state index in [4.69, 9.17) is 9.47 Å². The Hall–Kier alpha value is -2.97. The number of nitrogens with one attached hydrogen (secondary N) is 3. The van der Waals surface area contributed by atoms with Crippen molar-refractivity contribution in [3.05, 3.63) is 46.5 Å². The van der Waals surface area contributed by atoms with Crippen LogP contribution in [0.1, 0.15) is 82.6 Å². The van der Waals surface area contributed by atoms with Crippen molar-refractivity contribution in [1.82, 2.24) is 20.3 Å². The second-order valence-corrected chi connectivity index (χ2v) is 16.3. The van der Waals surface area contributed by atoms with Crippen LogP contribution in [0.4, 0.5) is 4.79 Å². The molecule has 3 aliphatic carbocycles. The molecule has 0 bridgehead atoms. The Kier molecular flexibility index (Phi) is 10.3. The molecule has 47 heavy (non-hydrogen) atoms. The van der Waals surface area contributed by atoms with E-state index in [0.29, 0.717) is 25.7 Å². The monoisotopic (exact) mass is 734 g/mol. The third kappa shape index (κ3) is 8.19. The molecule has 5 aliphatic rings. The summed E-state index contributed by atoms with van der Waals surface area (Å²) >= 11 is 3.47. The number of hydrogen-bond acceptors (Lipinski definition) is 8. The van der Waals surface area contributed by atoms with Gasteiger partial charge in [-0.05, 0) is 75.5 Å². The zero-order valence-electron chi connectivity index (χ0n) is 26.3. The molecule has 1 saturated heterocycles. The number of benzene rings is 1. The maximum absolute atomic E-state index is 14.2. The van der Waals surface area contributed by atoms with Gasteiger partial charge in [-0.25, -0.2) is 13.2 Å². The number of halogens is 1. The molecule has 0 unspecified atom stereocenters. The summed E-state index contributed by atoms with van der Waals surface area (Å²) in [5.41, 5.74) is -0.526. The highest BCUT2D eigenvalue weighted by atomic mass is 79.9. The number of hydrogen-bond donors (Lipinski definition) is 3. The first-order valence-corrected chi connectivity index (χ1v) is 19.1. The SMILES string of the molecule is O=C(N[C@H]1CCCCC/C=C\[C@@H]2C[C@@]2(C(=O)NS(=O)(=O)C2CC2)NC(=O)[C@@H]2C[C@@H](OCc3cccc(Br)c3)CN2C1=O)OC1CCC1. The highest BCUT2D eigenvalue weighted by molar-refractivity contribution is 9.10. The van der Waals surface area contributed by atoms with Crippen LogP contribution in [-0.4, -0.2) is 78.8 Å². The maximum atomic E-state index is 14.2. The van der Waals surface area contributed by atoms with E-state index in [0.717, 1.165) is 48.6 Å². The average molecular weight is 736 g/mol. The van der Waals surface area contributed by atoms with Crippen LogP contribution in [0.2, 0.25) is 0 Å². The second-order valence-electron chi connectivity index (χ2n) is 13.5. The summed E-state index contributed by atoms with van der Waals surface area (Å²) in [5, 5.41) is 5.05. The Labute approximate surface area is 283 Å². The van der Waals surface area contributed by atoms with E-state index >= 15 is 0 Å². The molecule has 1 aromatic carbocycles. The van der Waals surface area contributed by atoms with Gasteiger partial charge in [-0.1, -0.05) is 53.1 Å². The van der Waals surface area contributed by atoms with Crippen molar-refractivity contribution in [2.24, 2.45) is 5.92 Å². The van der Waals surface area contributed by atoms with Crippen LogP contribution < -0.4 is 15.4 Å². The number of carbonyl (C=O) groups excluding carboxylic acids is 4. The van der Waals surface area contributed by atoms with Crippen molar-refractivity contribution in [3.8, 4) is 0 Å². The molecular formula is C33H43BrN4O8S. The quantitative estimate of drug-likeness (QED) is 0.342. The number of ether oxygens (including phenoxy) is 2. The van der Waals surface area contributed by atoms with Crippen LogP contribution in [0.3, 0.4) is 0 Å². The molecule has 2 aliphatic heterocycles.